The Morgan fingerprint density at radius 1 is 1.25 bits per heavy atom. The molecule has 0 radical (unpaired) electrons. The van der Waals surface area contributed by atoms with E-state index in [0.29, 0.717) is 35.4 Å². The summed E-state index contributed by atoms with van der Waals surface area (Å²) in [4.78, 5) is 16.3. The molecule has 9 nitrogen and oxygen atoms in total. The number of nitrogens with one attached hydrogen (secondary N) is 3. The lowest BCUT2D eigenvalue weighted by atomic mass is 10.0. The molecule has 1 aromatic heterocycles. The van der Waals surface area contributed by atoms with Gasteiger partial charge in [-0.15, -0.1) is 12.4 Å². The summed E-state index contributed by atoms with van der Waals surface area (Å²) < 4.78 is 33.2. The largest absolute Gasteiger partial charge is 0.496 e. The van der Waals surface area contributed by atoms with Crippen LogP contribution in [0.1, 0.15) is 40.0 Å². The number of Topliss-reactive ketones (excluding diaryl/α,β-unsaturated/α-hetero) is 1. The minimum atomic E-state index is -3.95. The van der Waals surface area contributed by atoms with Gasteiger partial charge in [-0.25, -0.2) is 13.1 Å². The van der Waals surface area contributed by atoms with Crippen LogP contribution in [0.15, 0.2) is 35.4 Å². The van der Waals surface area contributed by atoms with Crippen LogP contribution in [0.2, 0.25) is 0 Å². The second-order valence-corrected chi connectivity index (χ2v) is 8.83. The molecule has 0 unspecified atom stereocenters. The summed E-state index contributed by atoms with van der Waals surface area (Å²) in [5.74, 6) is 0.00726. The third-order valence-electron chi connectivity index (χ3n) is 4.95. The lowest BCUT2D eigenvalue weighted by Crippen LogP contribution is -2.41. The predicted molar refractivity (Wildman–Crippen MR) is 126 cm³/mol. The van der Waals surface area contributed by atoms with Crippen molar-refractivity contribution in [3.05, 3.63) is 52.8 Å². The van der Waals surface area contributed by atoms with Crippen molar-refractivity contribution in [2.45, 2.75) is 44.6 Å². The Balaban J connectivity index is 0.00000512. The number of sulfonamides is 1. The van der Waals surface area contributed by atoms with Gasteiger partial charge in [0.1, 0.15) is 11.4 Å². The van der Waals surface area contributed by atoms with Crippen LogP contribution in [0.4, 0.5) is 0 Å². The molecule has 0 aliphatic carbocycles. The minimum Gasteiger partial charge on any atom is -0.496 e. The van der Waals surface area contributed by atoms with Crippen LogP contribution in [-0.4, -0.2) is 44.8 Å². The molecule has 0 amide bonds. The van der Waals surface area contributed by atoms with Gasteiger partial charge in [0.25, 0.3) is 10.0 Å². The maximum atomic E-state index is 12.8. The molecule has 1 aromatic carbocycles. The smallest absolute Gasteiger partial charge is 0.264 e. The number of benzene rings is 1. The minimum absolute atomic E-state index is 0. The Bertz CT molecular complexity index is 1060. The Hall–Kier alpha value is -2.69. The number of rotatable bonds is 9. The molecule has 176 valence electrons. The number of guanidine groups is 1. The standard InChI is InChI=1S/C21H29N5O4S.ClH/c1-13-12-18(30-4)14(2)15(3)20(13)31(28,29)26-21(23)25-11-7-8-16(22)19(27)17-9-5-6-10-24-17;/h5-6,9-10,12,16H,7-8,11,22H2,1-4H3,(H3,23,25,26);1H/t16-;/m0./s1. The summed E-state index contributed by atoms with van der Waals surface area (Å²) in [6.07, 6.45) is 2.38. The van der Waals surface area contributed by atoms with E-state index in [2.05, 4.69) is 15.0 Å². The monoisotopic (exact) mass is 483 g/mol. The average Bonchev–Trinajstić information content (AvgIpc) is 2.73. The maximum absolute atomic E-state index is 12.8. The first-order chi connectivity index (χ1) is 14.6. The van der Waals surface area contributed by atoms with E-state index in [1.165, 1.54) is 13.3 Å². The van der Waals surface area contributed by atoms with Crippen LogP contribution >= 0.6 is 12.4 Å². The van der Waals surface area contributed by atoms with Crippen LogP contribution in [0.25, 0.3) is 0 Å². The highest BCUT2D eigenvalue weighted by Gasteiger charge is 2.24. The molecule has 0 fully saturated rings. The van der Waals surface area contributed by atoms with Gasteiger partial charge in [-0.05, 0) is 68.5 Å². The molecule has 2 aromatic rings. The number of pyridine rings is 1. The average molecular weight is 484 g/mol. The van der Waals surface area contributed by atoms with Gasteiger partial charge in [-0.1, -0.05) is 6.07 Å². The number of nitrogens with two attached hydrogens (primary N) is 1. The fourth-order valence-electron chi connectivity index (χ4n) is 3.23. The number of ether oxygens (including phenoxy) is 1. The van der Waals surface area contributed by atoms with E-state index >= 15 is 0 Å². The number of aryl methyl sites for hydroxylation is 1. The van der Waals surface area contributed by atoms with Crippen LogP contribution in [0.3, 0.4) is 0 Å². The first-order valence-corrected chi connectivity index (χ1v) is 11.3. The Morgan fingerprint density at radius 3 is 2.53 bits per heavy atom. The fourth-order valence-corrected chi connectivity index (χ4v) is 4.72. The van der Waals surface area contributed by atoms with E-state index in [4.69, 9.17) is 15.9 Å². The first-order valence-electron chi connectivity index (χ1n) is 9.79. The first kappa shape index (κ1) is 27.3. The van der Waals surface area contributed by atoms with Crippen LogP contribution in [-0.2, 0) is 10.0 Å². The van der Waals surface area contributed by atoms with Crippen molar-refractivity contribution >= 4 is 34.2 Å². The van der Waals surface area contributed by atoms with E-state index in [0.717, 1.165) is 5.56 Å². The fraction of sp³-hybridized carbons (Fsp3) is 0.381. The van der Waals surface area contributed by atoms with Crippen molar-refractivity contribution in [2.75, 3.05) is 13.7 Å². The van der Waals surface area contributed by atoms with E-state index in [1.54, 1.807) is 45.0 Å². The molecule has 1 heterocycles. The van der Waals surface area contributed by atoms with Gasteiger partial charge in [-0.3, -0.25) is 15.2 Å². The van der Waals surface area contributed by atoms with Gasteiger partial charge < -0.3 is 15.8 Å². The second-order valence-electron chi connectivity index (χ2n) is 7.21. The van der Waals surface area contributed by atoms with Gasteiger partial charge in [0.2, 0.25) is 5.96 Å². The molecule has 32 heavy (non-hydrogen) atoms. The molecular weight excluding hydrogens is 454 g/mol. The van der Waals surface area contributed by atoms with E-state index < -0.39 is 16.1 Å². The van der Waals surface area contributed by atoms with Crippen molar-refractivity contribution in [3.63, 3.8) is 0 Å². The maximum Gasteiger partial charge on any atom is 0.264 e. The van der Waals surface area contributed by atoms with Crippen molar-refractivity contribution in [2.24, 2.45) is 5.73 Å². The van der Waals surface area contributed by atoms with E-state index in [-0.39, 0.29) is 35.6 Å². The summed E-state index contributed by atoms with van der Waals surface area (Å²) in [6.45, 7) is 5.45. The second kappa shape index (κ2) is 11.8. The zero-order valence-electron chi connectivity index (χ0n) is 18.6. The zero-order valence-corrected chi connectivity index (χ0v) is 20.2. The Kier molecular flexibility index (Phi) is 10.1. The number of aromatic nitrogens is 1. The molecule has 0 aliphatic heterocycles. The highest BCUT2D eigenvalue weighted by molar-refractivity contribution is 7.90. The molecule has 5 N–H and O–H groups in total. The third kappa shape index (κ3) is 6.65. The lowest BCUT2D eigenvalue weighted by Gasteiger charge is -2.18. The summed E-state index contributed by atoms with van der Waals surface area (Å²) >= 11 is 0. The molecular formula is C21H30ClN5O4S. The highest BCUT2D eigenvalue weighted by Crippen LogP contribution is 2.30. The van der Waals surface area contributed by atoms with Gasteiger partial charge in [0, 0.05) is 12.7 Å². The molecule has 0 aliphatic rings. The SMILES string of the molecule is COc1cc(C)c(S(=O)(=O)NC(=N)NCCC[C@H](N)C(=O)c2ccccn2)c(C)c1C.Cl. The van der Waals surface area contributed by atoms with Gasteiger partial charge in [0.15, 0.2) is 5.78 Å². The van der Waals surface area contributed by atoms with Gasteiger partial charge in [-0.2, -0.15) is 0 Å². The lowest BCUT2D eigenvalue weighted by molar-refractivity contribution is 0.0951. The Labute approximate surface area is 195 Å². The molecule has 11 heteroatoms. The molecule has 0 saturated carbocycles. The Morgan fingerprint density at radius 2 is 1.94 bits per heavy atom. The topological polar surface area (TPSA) is 147 Å². The van der Waals surface area contributed by atoms with Crippen molar-refractivity contribution in [3.8, 4) is 5.75 Å². The van der Waals surface area contributed by atoms with E-state index in [9.17, 15) is 13.2 Å². The summed E-state index contributed by atoms with van der Waals surface area (Å²) in [5.41, 5.74) is 8.05. The number of methoxy groups -OCH3 is 1. The predicted octanol–water partition coefficient (Wildman–Crippen LogP) is 2.23. The number of nitrogens with zero attached hydrogens (tertiary/aromatic N) is 1. The number of hydrogen-bond acceptors (Lipinski definition) is 7. The zero-order chi connectivity index (χ0) is 23.2. The normalized spacial score (nSPS) is 11.8. The summed E-state index contributed by atoms with van der Waals surface area (Å²) in [5, 5.41) is 10.6. The van der Waals surface area contributed by atoms with Gasteiger partial charge >= 0.3 is 0 Å². The molecule has 0 saturated heterocycles. The van der Waals surface area contributed by atoms with Crippen LogP contribution in [0, 0.1) is 26.2 Å². The van der Waals surface area contributed by atoms with Crippen LogP contribution < -0.4 is 20.5 Å². The number of carbonyl (C=O) groups is 1. The molecule has 1 atom stereocenters. The van der Waals surface area contributed by atoms with E-state index in [1.807, 2.05) is 0 Å². The van der Waals surface area contributed by atoms with Crippen molar-refractivity contribution < 1.29 is 17.9 Å². The number of hydrogen-bond donors (Lipinski definition) is 4. The molecule has 0 bridgehead atoms. The van der Waals surface area contributed by atoms with Crippen molar-refractivity contribution in [1.29, 1.82) is 5.41 Å². The molecule has 2 rings (SSSR count). The van der Waals surface area contributed by atoms with Crippen molar-refractivity contribution in [1.82, 2.24) is 15.0 Å². The third-order valence-corrected chi connectivity index (χ3v) is 6.59. The van der Waals surface area contributed by atoms with Crippen LogP contribution in [0.5, 0.6) is 5.75 Å². The van der Waals surface area contributed by atoms with Gasteiger partial charge in [0.05, 0.1) is 18.0 Å². The quantitative estimate of drug-likeness (QED) is 0.185. The number of carbonyl (C=O) groups excluding carboxylic acids is 1. The number of halogens is 1. The highest BCUT2D eigenvalue weighted by atomic mass is 35.5. The molecule has 0 spiro atoms. The number of ketones is 1. The summed E-state index contributed by atoms with van der Waals surface area (Å²) in [6, 6.07) is 5.99. The summed E-state index contributed by atoms with van der Waals surface area (Å²) in [7, 11) is -2.42.